The van der Waals surface area contributed by atoms with E-state index in [1.807, 2.05) is 0 Å². The topological polar surface area (TPSA) is 38.0 Å². The Balaban J connectivity index is 2.80. The number of nitrogens with one attached hydrogen (secondary N) is 1. The number of nitrogens with two attached hydrogens (primary N) is 1. The van der Waals surface area contributed by atoms with E-state index in [0.717, 1.165) is 13.0 Å². The van der Waals surface area contributed by atoms with Crippen molar-refractivity contribution in [3.63, 3.8) is 0 Å². The summed E-state index contributed by atoms with van der Waals surface area (Å²) in [5, 5.41) is 3.68. The summed E-state index contributed by atoms with van der Waals surface area (Å²) in [7, 11) is 0. The molecular weight excluding hydrogens is 232 g/mol. The van der Waals surface area contributed by atoms with Crippen molar-refractivity contribution in [2.75, 3.05) is 6.54 Å². The third-order valence-electron chi connectivity index (χ3n) is 3.61. The summed E-state index contributed by atoms with van der Waals surface area (Å²) < 4.78 is 0. The Morgan fingerprint density at radius 1 is 1.16 bits per heavy atom. The van der Waals surface area contributed by atoms with Crippen LogP contribution in [0.2, 0.25) is 0 Å². The third kappa shape index (κ3) is 4.96. The summed E-state index contributed by atoms with van der Waals surface area (Å²) >= 11 is 0. The summed E-state index contributed by atoms with van der Waals surface area (Å²) in [4.78, 5) is 0. The van der Waals surface area contributed by atoms with Crippen molar-refractivity contribution in [1.29, 1.82) is 0 Å². The zero-order valence-electron chi connectivity index (χ0n) is 13.0. The van der Waals surface area contributed by atoms with E-state index in [1.165, 1.54) is 30.4 Å². The smallest absolute Gasteiger partial charge is 0.0355 e. The Hall–Kier alpha value is -0.860. The molecule has 1 rings (SSSR count). The van der Waals surface area contributed by atoms with Gasteiger partial charge in [-0.3, -0.25) is 0 Å². The predicted octanol–water partition coefficient (Wildman–Crippen LogP) is 4.11. The van der Waals surface area contributed by atoms with Gasteiger partial charge in [-0.1, -0.05) is 51.0 Å². The van der Waals surface area contributed by atoms with Crippen LogP contribution in [0.5, 0.6) is 0 Å². The van der Waals surface area contributed by atoms with Gasteiger partial charge in [0.05, 0.1) is 0 Å². The van der Waals surface area contributed by atoms with Crippen LogP contribution in [0.1, 0.15) is 70.5 Å². The highest BCUT2D eigenvalue weighted by Gasteiger charge is 2.21. The van der Waals surface area contributed by atoms with Gasteiger partial charge in [0.1, 0.15) is 0 Å². The van der Waals surface area contributed by atoms with E-state index in [-0.39, 0.29) is 5.54 Å². The molecule has 0 aliphatic carbocycles. The van der Waals surface area contributed by atoms with Crippen molar-refractivity contribution < 1.29 is 0 Å². The van der Waals surface area contributed by atoms with Gasteiger partial charge in [-0.2, -0.15) is 0 Å². The number of rotatable bonds is 8. The lowest BCUT2D eigenvalue weighted by molar-refractivity contribution is 0.478. The maximum Gasteiger partial charge on any atom is 0.0355 e. The molecule has 0 aliphatic rings. The van der Waals surface area contributed by atoms with E-state index in [4.69, 9.17) is 5.73 Å². The summed E-state index contributed by atoms with van der Waals surface area (Å²) in [6.07, 6.45) is 4.92. The van der Waals surface area contributed by atoms with E-state index < -0.39 is 0 Å². The summed E-state index contributed by atoms with van der Waals surface area (Å²) in [5.41, 5.74) is 8.63. The molecule has 2 heteroatoms. The first-order chi connectivity index (χ1) is 9.00. The van der Waals surface area contributed by atoms with Crippen molar-refractivity contribution in [2.45, 2.75) is 65.0 Å². The molecule has 0 spiro atoms. The molecule has 0 amide bonds. The van der Waals surface area contributed by atoms with Crippen LogP contribution in [0.15, 0.2) is 24.3 Å². The molecule has 0 aromatic heterocycles. The van der Waals surface area contributed by atoms with Gasteiger partial charge in [0.15, 0.2) is 0 Å². The van der Waals surface area contributed by atoms with Gasteiger partial charge in [-0.15, -0.1) is 0 Å². The molecule has 0 heterocycles. The first-order valence-corrected chi connectivity index (χ1v) is 7.62. The van der Waals surface area contributed by atoms with E-state index in [0.29, 0.717) is 6.04 Å². The van der Waals surface area contributed by atoms with Crippen LogP contribution in [-0.2, 0) is 5.54 Å². The number of hydrogen-bond acceptors (Lipinski definition) is 2. The van der Waals surface area contributed by atoms with Gasteiger partial charge in [-0.05, 0) is 44.4 Å². The zero-order valence-corrected chi connectivity index (χ0v) is 13.0. The van der Waals surface area contributed by atoms with Crippen LogP contribution in [-0.4, -0.2) is 6.54 Å². The van der Waals surface area contributed by atoms with Gasteiger partial charge < -0.3 is 11.1 Å². The van der Waals surface area contributed by atoms with Crippen LogP contribution >= 0.6 is 0 Å². The molecule has 0 bridgehead atoms. The highest BCUT2D eigenvalue weighted by molar-refractivity contribution is 5.34. The fraction of sp³-hybridized carbons (Fsp3) is 0.647. The molecule has 0 aliphatic heterocycles. The Kier molecular flexibility index (Phi) is 6.53. The SMILES string of the molecule is CCCCCNC(CC)c1ccccc1C(C)(C)N. The highest BCUT2D eigenvalue weighted by Crippen LogP contribution is 2.27. The van der Waals surface area contributed by atoms with Gasteiger partial charge >= 0.3 is 0 Å². The minimum Gasteiger partial charge on any atom is -0.322 e. The molecule has 0 saturated carbocycles. The Morgan fingerprint density at radius 3 is 2.42 bits per heavy atom. The standard InChI is InChI=1S/C17H30N2/c1-5-7-10-13-19-16(6-2)14-11-8-9-12-15(14)17(3,4)18/h8-9,11-12,16,19H,5-7,10,13,18H2,1-4H3. The van der Waals surface area contributed by atoms with Crippen molar-refractivity contribution in [2.24, 2.45) is 5.73 Å². The summed E-state index contributed by atoms with van der Waals surface area (Å²) in [6, 6.07) is 8.98. The van der Waals surface area contributed by atoms with Gasteiger partial charge in [0.2, 0.25) is 0 Å². The molecule has 108 valence electrons. The summed E-state index contributed by atoms with van der Waals surface area (Å²) in [5.74, 6) is 0. The van der Waals surface area contributed by atoms with Crippen LogP contribution in [0, 0.1) is 0 Å². The second-order valence-corrected chi connectivity index (χ2v) is 5.93. The fourth-order valence-corrected chi connectivity index (χ4v) is 2.51. The van der Waals surface area contributed by atoms with Gasteiger partial charge in [0.25, 0.3) is 0 Å². The number of benzene rings is 1. The maximum absolute atomic E-state index is 6.30. The first kappa shape index (κ1) is 16.2. The molecular formula is C17H30N2. The van der Waals surface area contributed by atoms with Gasteiger partial charge in [0, 0.05) is 11.6 Å². The van der Waals surface area contributed by atoms with Crippen molar-refractivity contribution in [3.8, 4) is 0 Å². The highest BCUT2D eigenvalue weighted by atomic mass is 14.9. The second-order valence-electron chi connectivity index (χ2n) is 5.93. The van der Waals surface area contributed by atoms with E-state index in [2.05, 4.69) is 57.3 Å². The average Bonchev–Trinajstić information content (AvgIpc) is 2.38. The normalized spacial score (nSPS) is 13.5. The second kappa shape index (κ2) is 7.66. The van der Waals surface area contributed by atoms with Crippen molar-refractivity contribution in [1.82, 2.24) is 5.32 Å². The Morgan fingerprint density at radius 2 is 1.84 bits per heavy atom. The van der Waals surface area contributed by atoms with Crippen molar-refractivity contribution in [3.05, 3.63) is 35.4 Å². The predicted molar refractivity (Wildman–Crippen MR) is 84.2 cm³/mol. The molecule has 1 atom stereocenters. The minimum absolute atomic E-state index is 0.283. The lowest BCUT2D eigenvalue weighted by Gasteiger charge is -2.27. The minimum atomic E-state index is -0.283. The zero-order chi connectivity index (χ0) is 14.3. The van der Waals surface area contributed by atoms with E-state index in [9.17, 15) is 0 Å². The molecule has 1 aromatic carbocycles. The molecule has 19 heavy (non-hydrogen) atoms. The quantitative estimate of drug-likeness (QED) is 0.692. The molecule has 0 fully saturated rings. The largest absolute Gasteiger partial charge is 0.322 e. The van der Waals surface area contributed by atoms with Crippen LogP contribution in [0.25, 0.3) is 0 Å². The molecule has 3 N–H and O–H groups in total. The average molecular weight is 262 g/mol. The Labute approximate surface area is 118 Å². The Bertz CT molecular complexity index is 366. The molecule has 2 nitrogen and oxygen atoms in total. The monoisotopic (exact) mass is 262 g/mol. The van der Waals surface area contributed by atoms with Crippen LogP contribution < -0.4 is 11.1 Å². The number of unbranched alkanes of at least 4 members (excludes halogenated alkanes) is 2. The number of hydrogen-bond donors (Lipinski definition) is 2. The van der Waals surface area contributed by atoms with E-state index >= 15 is 0 Å². The molecule has 1 unspecified atom stereocenters. The van der Waals surface area contributed by atoms with Crippen LogP contribution in [0.4, 0.5) is 0 Å². The lowest BCUT2D eigenvalue weighted by atomic mass is 9.87. The molecule has 0 saturated heterocycles. The van der Waals surface area contributed by atoms with Crippen molar-refractivity contribution >= 4 is 0 Å². The molecule has 0 radical (unpaired) electrons. The first-order valence-electron chi connectivity index (χ1n) is 7.62. The van der Waals surface area contributed by atoms with Crippen LogP contribution in [0.3, 0.4) is 0 Å². The molecule has 1 aromatic rings. The van der Waals surface area contributed by atoms with E-state index in [1.54, 1.807) is 0 Å². The summed E-state index contributed by atoms with van der Waals surface area (Å²) in [6.45, 7) is 9.72. The third-order valence-corrected chi connectivity index (χ3v) is 3.61. The van der Waals surface area contributed by atoms with Gasteiger partial charge in [-0.25, -0.2) is 0 Å². The lowest BCUT2D eigenvalue weighted by Crippen LogP contribution is -2.32. The fourth-order valence-electron chi connectivity index (χ4n) is 2.51. The maximum atomic E-state index is 6.30.